The fraction of sp³-hybridized carbons (Fsp3) is 0.423. The molecule has 4 bridgehead atoms. The Morgan fingerprint density at radius 3 is 2.24 bits per heavy atom. The molecular weight excluding hydrogens is 456 g/mol. The van der Waals surface area contributed by atoms with Gasteiger partial charge in [-0.25, -0.2) is 8.42 Å². The molecule has 6 rings (SSSR count). The van der Waals surface area contributed by atoms with Gasteiger partial charge in [-0.2, -0.15) is 0 Å². The summed E-state index contributed by atoms with van der Waals surface area (Å²) in [5.41, 5.74) is 0.681. The quantitative estimate of drug-likeness (QED) is 0.533. The van der Waals surface area contributed by atoms with Crippen LogP contribution in [0.25, 0.3) is 0 Å². The molecular formula is C26H29ClN2O3S. The summed E-state index contributed by atoms with van der Waals surface area (Å²) in [4.78, 5) is 13.2. The Morgan fingerprint density at radius 1 is 1.06 bits per heavy atom. The van der Waals surface area contributed by atoms with E-state index in [1.165, 1.54) is 41.8 Å². The Labute approximate surface area is 200 Å². The van der Waals surface area contributed by atoms with E-state index in [0.29, 0.717) is 29.0 Å². The van der Waals surface area contributed by atoms with Crippen LogP contribution >= 0.6 is 11.6 Å². The highest BCUT2D eigenvalue weighted by Crippen LogP contribution is 2.55. The van der Waals surface area contributed by atoms with E-state index in [1.807, 2.05) is 6.07 Å². The summed E-state index contributed by atoms with van der Waals surface area (Å²) in [5.74, 6) is 1.89. The molecule has 2 aromatic rings. The van der Waals surface area contributed by atoms with Gasteiger partial charge in [0.1, 0.15) is 4.90 Å². The van der Waals surface area contributed by atoms with Crippen LogP contribution in [0.1, 0.15) is 48.9 Å². The molecule has 4 fully saturated rings. The van der Waals surface area contributed by atoms with Gasteiger partial charge in [0.05, 0.1) is 17.3 Å². The van der Waals surface area contributed by atoms with Gasteiger partial charge in [-0.1, -0.05) is 35.9 Å². The normalized spacial score (nSPS) is 27.8. The van der Waals surface area contributed by atoms with Crippen molar-refractivity contribution in [3.8, 4) is 0 Å². The predicted octanol–water partition coefficient (Wildman–Crippen LogP) is 5.42. The van der Waals surface area contributed by atoms with Gasteiger partial charge >= 0.3 is 0 Å². The van der Waals surface area contributed by atoms with Crippen molar-refractivity contribution in [2.45, 2.75) is 49.0 Å². The molecule has 7 heteroatoms. The van der Waals surface area contributed by atoms with Crippen molar-refractivity contribution in [1.29, 1.82) is 0 Å². The van der Waals surface area contributed by atoms with Crippen LogP contribution in [0.15, 0.2) is 66.1 Å². The maximum absolute atomic E-state index is 13.6. The third-order valence-corrected chi connectivity index (χ3v) is 9.79. The number of amides is 1. The summed E-state index contributed by atoms with van der Waals surface area (Å²) in [5, 5.41) is 3.41. The second kappa shape index (κ2) is 8.48. The van der Waals surface area contributed by atoms with Crippen molar-refractivity contribution in [3.05, 3.63) is 71.8 Å². The lowest BCUT2D eigenvalue weighted by molar-refractivity contribution is -0.0167. The average Bonchev–Trinajstić information content (AvgIpc) is 2.76. The molecule has 5 nitrogen and oxygen atoms in total. The number of benzene rings is 2. The Morgan fingerprint density at radius 2 is 1.67 bits per heavy atom. The minimum absolute atomic E-state index is 0.0759. The first kappa shape index (κ1) is 22.5. The number of halogens is 1. The van der Waals surface area contributed by atoms with Crippen LogP contribution in [0.2, 0.25) is 5.02 Å². The van der Waals surface area contributed by atoms with E-state index in [0.717, 1.165) is 19.3 Å². The Balaban J connectivity index is 1.44. The van der Waals surface area contributed by atoms with Gasteiger partial charge in [0.25, 0.3) is 15.9 Å². The Hall–Kier alpha value is -2.31. The van der Waals surface area contributed by atoms with E-state index in [9.17, 15) is 13.2 Å². The number of nitrogens with zero attached hydrogens (tertiary/aromatic N) is 1. The number of anilines is 1. The fourth-order valence-corrected chi connectivity index (χ4v) is 8.53. The van der Waals surface area contributed by atoms with Gasteiger partial charge in [0.2, 0.25) is 0 Å². The standard InChI is InChI=1S/C26H29ClN2O3S/c1-2-10-29(22-6-4-3-5-7-22)33(31,32)24-14-21(8-9-23(24)27)25(30)28-26-15-18-11-19(16-26)13-20(12-18)17-26/h2-9,14,18-20H,1,10-13,15-17H2,(H,28,30). The van der Waals surface area contributed by atoms with E-state index in [4.69, 9.17) is 11.6 Å². The highest BCUT2D eigenvalue weighted by Gasteiger charge is 2.51. The molecule has 4 aliphatic carbocycles. The summed E-state index contributed by atoms with van der Waals surface area (Å²) in [6, 6.07) is 13.3. The molecule has 1 N–H and O–H groups in total. The van der Waals surface area contributed by atoms with Gasteiger partial charge in [0, 0.05) is 11.1 Å². The van der Waals surface area contributed by atoms with Crippen molar-refractivity contribution in [3.63, 3.8) is 0 Å². The van der Waals surface area contributed by atoms with Crippen molar-refractivity contribution in [2.75, 3.05) is 10.8 Å². The van der Waals surface area contributed by atoms with Gasteiger partial charge in [-0.3, -0.25) is 9.10 Å². The zero-order chi connectivity index (χ0) is 23.2. The van der Waals surface area contributed by atoms with Gasteiger partial charge in [0.15, 0.2) is 0 Å². The van der Waals surface area contributed by atoms with E-state index in [2.05, 4.69) is 11.9 Å². The van der Waals surface area contributed by atoms with E-state index < -0.39 is 10.0 Å². The second-order valence-corrected chi connectivity index (χ2v) is 12.2. The smallest absolute Gasteiger partial charge is 0.266 e. The summed E-state index contributed by atoms with van der Waals surface area (Å²) in [6.45, 7) is 3.79. The third kappa shape index (κ3) is 4.19. The molecule has 1 amide bonds. The molecule has 0 aliphatic heterocycles. The molecule has 0 aromatic heterocycles. The lowest BCUT2D eigenvalue weighted by Crippen LogP contribution is -2.59. The third-order valence-electron chi connectivity index (χ3n) is 7.52. The molecule has 0 saturated heterocycles. The highest BCUT2D eigenvalue weighted by molar-refractivity contribution is 7.93. The van der Waals surface area contributed by atoms with Crippen LogP contribution in [0.4, 0.5) is 5.69 Å². The number of carbonyl (C=O) groups is 1. The molecule has 0 unspecified atom stereocenters. The molecule has 0 spiro atoms. The van der Waals surface area contributed by atoms with E-state index in [-0.39, 0.29) is 27.9 Å². The zero-order valence-electron chi connectivity index (χ0n) is 18.5. The van der Waals surface area contributed by atoms with Crippen LogP contribution in [-0.2, 0) is 10.0 Å². The van der Waals surface area contributed by atoms with Crippen molar-refractivity contribution in [2.24, 2.45) is 17.8 Å². The highest BCUT2D eigenvalue weighted by atomic mass is 35.5. The number of nitrogens with one attached hydrogen (secondary N) is 1. The number of hydrogen-bond donors (Lipinski definition) is 1. The largest absolute Gasteiger partial charge is 0.347 e. The van der Waals surface area contributed by atoms with Crippen LogP contribution in [0.5, 0.6) is 0 Å². The molecule has 4 saturated carbocycles. The predicted molar refractivity (Wildman–Crippen MR) is 131 cm³/mol. The minimum atomic E-state index is -4.01. The van der Waals surface area contributed by atoms with Crippen molar-refractivity contribution >= 4 is 33.2 Å². The van der Waals surface area contributed by atoms with Crippen LogP contribution in [0, 0.1) is 17.8 Å². The topological polar surface area (TPSA) is 66.5 Å². The summed E-state index contributed by atoms with van der Waals surface area (Å²) < 4.78 is 28.4. The lowest BCUT2D eigenvalue weighted by Gasteiger charge is -2.56. The van der Waals surface area contributed by atoms with Crippen LogP contribution in [0.3, 0.4) is 0 Å². The summed E-state index contributed by atoms with van der Waals surface area (Å²) in [6.07, 6.45) is 8.49. The van der Waals surface area contributed by atoms with Gasteiger partial charge < -0.3 is 5.32 Å². The first-order valence-corrected chi connectivity index (χ1v) is 13.4. The SMILES string of the molecule is C=CCN(c1ccccc1)S(=O)(=O)c1cc(C(=O)NC23CC4CC(CC(C4)C2)C3)ccc1Cl. The number of para-hydroxylation sites is 1. The summed E-state index contributed by atoms with van der Waals surface area (Å²) >= 11 is 6.35. The molecule has 0 atom stereocenters. The van der Waals surface area contributed by atoms with Crippen LogP contribution in [-0.4, -0.2) is 26.4 Å². The Kier molecular flexibility index (Phi) is 5.78. The monoisotopic (exact) mass is 484 g/mol. The molecule has 33 heavy (non-hydrogen) atoms. The fourth-order valence-electron chi connectivity index (χ4n) is 6.59. The van der Waals surface area contributed by atoms with Gasteiger partial charge in [-0.15, -0.1) is 6.58 Å². The van der Waals surface area contributed by atoms with Crippen molar-refractivity contribution in [1.82, 2.24) is 5.32 Å². The minimum Gasteiger partial charge on any atom is -0.347 e. The average molecular weight is 485 g/mol. The molecule has 2 aromatic carbocycles. The van der Waals surface area contributed by atoms with Crippen molar-refractivity contribution < 1.29 is 13.2 Å². The maximum atomic E-state index is 13.6. The molecule has 4 aliphatic rings. The van der Waals surface area contributed by atoms with Crippen LogP contribution < -0.4 is 9.62 Å². The molecule has 0 heterocycles. The first-order valence-electron chi connectivity index (χ1n) is 11.6. The Bertz CT molecular complexity index is 1140. The number of carbonyl (C=O) groups excluding carboxylic acids is 1. The number of rotatable bonds is 7. The number of hydrogen-bond acceptors (Lipinski definition) is 3. The lowest BCUT2D eigenvalue weighted by atomic mass is 9.53. The summed E-state index contributed by atoms with van der Waals surface area (Å²) in [7, 11) is -4.01. The second-order valence-electron chi connectivity index (χ2n) is 9.96. The molecule has 174 valence electrons. The number of sulfonamides is 1. The maximum Gasteiger partial charge on any atom is 0.266 e. The zero-order valence-corrected chi connectivity index (χ0v) is 20.1. The van der Waals surface area contributed by atoms with Gasteiger partial charge in [-0.05, 0) is 86.6 Å². The first-order chi connectivity index (χ1) is 15.8. The molecule has 0 radical (unpaired) electrons. The van der Waals surface area contributed by atoms with E-state index in [1.54, 1.807) is 30.3 Å². The van der Waals surface area contributed by atoms with E-state index >= 15 is 0 Å².